The molecule has 9 unspecified atom stereocenters. The van der Waals surface area contributed by atoms with E-state index in [4.69, 9.17) is 0 Å². The molecule has 0 amide bonds. The lowest BCUT2D eigenvalue weighted by Crippen LogP contribution is -2.60. The van der Waals surface area contributed by atoms with Crippen LogP contribution in [0.2, 0.25) is 0 Å². The van der Waals surface area contributed by atoms with E-state index in [1.807, 2.05) is 26.0 Å². The van der Waals surface area contributed by atoms with Crippen LogP contribution in [0.3, 0.4) is 0 Å². The van der Waals surface area contributed by atoms with E-state index in [0.29, 0.717) is 30.8 Å². The molecule has 46 heavy (non-hydrogen) atoms. The monoisotopic (exact) mass is 630 g/mol. The van der Waals surface area contributed by atoms with Gasteiger partial charge in [-0.1, -0.05) is 70.3 Å². The first kappa shape index (κ1) is 36.2. The number of nitrogens with one attached hydrogen (secondary N) is 2. The van der Waals surface area contributed by atoms with Crippen molar-refractivity contribution in [3.63, 3.8) is 0 Å². The van der Waals surface area contributed by atoms with Crippen LogP contribution in [0.1, 0.15) is 97.6 Å². The number of allylic oxidation sites excluding steroid dienone is 2. The number of aliphatic hydroxyl groups is 2. The number of Topliss-reactive ketones (excluding diaryl/α,β-unsaturated/α-hetero) is 1. The first-order valence-electron chi connectivity index (χ1n) is 17.8. The van der Waals surface area contributed by atoms with Crippen LogP contribution in [0.25, 0.3) is 0 Å². The van der Waals surface area contributed by atoms with Crippen molar-refractivity contribution in [3.05, 3.63) is 85.3 Å². The van der Waals surface area contributed by atoms with Crippen molar-refractivity contribution in [1.82, 2.24) is 10.6 Å². The molecule has 1 aromatic carbocycles. The minimum Gasteiger partial charge on any atom is -0.388 e. The highest BCUT2D eigenvalue weighted by molar-refractivity contribution is 5.83. The van der Waals surface area contributed by atoms with Gasteiger partial charge in [-0.15, -0.1) is 13.2 Å². The largest absolute Gasteiger partial charge is 0.388 e. The SMILES string of the molecule is C=CCCC(CC(=O)C1C2C(CC1C(C)(O)C(NC(=C)NC(C)CC)C1Cc3ccccc3C1)C2(C)C)C(=C)C(C)(O)CCC=C. The quantitative estimate of drug-likeness (QED) is 0.118. The number of ketones is 1. The van der Waals surface area contributed by atoms with Gasteiger partial charge < -0.3 is 20.8 Å². The van der Waals surface area contributed by atoms with Crippen molar-refractivity contribution in [3.8, 4) is 0 Å². The van der Waals surface area contributed by atoms with E-state index in [1.54, 1.807) is 0 Å². The Morgan fingerprint density at radius 1 is 1.07 bits per heavy atom. The highest BCUT2D eigenvalue weighted by atomic mass is 16.3. The summed E-state index contributed by atoms with van der Waals surface area (Å²) in [5.74, 6) is 1.15. The summed E-state index contributed by atoms with van der Waals surface area (Å²) in [4.78, 5) is 14.6. The summed E-state index contributed by atoms with van der Waals surface area (Å²) in [6.07, 6.45) is 10.2. The predicted octanol–water partition coefficient (Wildman–Crippen LogP) is 7.69. The summed E-state index contributed by atoms with van der Waals surface area (Å²) >= 11 is 0. The first-order chi connectivity index (χ1) is 21.6. The third-order valence-corrected chi connectivity index (χ3v) is 12.3. The number of fused-ring (bicyclic) bond motifs is 2. The maximum Gasteiger partial charge on any atom is 0.137 e. The Bertz CT molecular complexity index is 1270. The second kappa shape index (κ2) is 14.2. The molecular formula is C41H62N2O3. The van der Waals surface area contributed by atoms with Gasteiger partial charge in [0.15, 0.2) is 0 Å². The van der Waals surface area contributed by atoms with Crippen molar-refractivity contribution >= 4 is 5.78 Å². The van der Waals surface area contributed by atoms with Crippen LogP contribution >= 0.6 is 0 Å². The highest BCUT2D eigenvalue weighted by Crippen LogP contribution is 2.72. The molecule has 254 valence electrons. The predicted molar refractivity (Wildman–Crippen MR) is 191 cm³/mol. The Hall–Kier alpha value is -2.63. The third-order valence-electron chi connectivity index (χ3n) is 12.3. The van der Waals surface area contributed by atoms with E-state index in [1.165, 1.54) is 11.1 Å². The van der Waals surface area contributed by atoms with Gasteiger partial charge in [-0.2, -0.15) is 0 Å². The summed E-state index contributed by atoms with van der Waals surface area (Å²) in [5, 5.41) is 31.4. The van der Waals surface area contributed by atoms with Crippen molar-refractivity contribution in [1.29, 1.82) is 0 Å². The molecule has 0 radical (unpaired) electrons. The first-order valence-corrected chi connectivity index (χ1v) is 17.8. The lowest BCUT2D eigenvalue weighted by atomic mass is 9.66. The summed E-state index contributed by atoms with van der Waals surface area (Å²) < 4.78 is 0. The Morgan fingerprint density at radius 3 is 2.24 bits per heavy atom. The van der Waals surface area contributed by atoms with Gasteiger partial charge in [0.1, 0.15) is 5.78 Å². The van der Waals surface area contributed by atoms with E-state index in [-0.39, 0.29) is 52.9 Å². The maximum atomic E-state index is 14.6. The Labute approximate surface area is 279 Å². The van der Waals surface area contributed by atoms with Crippen LogP contribution in [-0.4, -0.2) is 39.3 Å². The van der Waals surface area contributed by atoms with Gasteiger partial charge in [0.2, 0.25) is 0 Å². The van der Waals surface area contributed by atoms with Crippen molar-refractivity contribution in [2.75, 3.05) is 0 Å². The molecular weight excluding hydrogens is 568 g/mol. The fourth-order valence-electron chi connectivity index (χ4n) is 9.16. The molecule has 0 saturated heterocycles. The lowest BCUT2D eigenvalue weighted by Gasteiger charge is -2.46. The molecule has 9 atom stereocenters. The Kier molecular flexibility index (Phi) is 11.2. The van der Waals surface area contributed by atoms with Crippen molar-refractivity contribution in [2.45, 2.75) is 123 Å². The number of benzene rings is 1. The molecule has 5 nitrogen and oxygen atoms in total. The van der Waals surface area contributed by atoms with Crippen molar-refractivity contribution < 1.29 is 15.0 Å². The highest BCUT2D eigenvalue weighted by Gasteiger charge is 2.71. The van der Waals surface area contributed by atoms with Gasteiger partial charge in [0.05, 0.1) is 23.1 Å². The van der Waals surface area contributed by atoms with Gasteiger partial charge in [0.25, 0.3) is 0 Å². The van der Waals surface area contributed by atoms with E-state index >= 15 is 0 Å². The molecule has 0 bridgehead atoms. The van der Waals surface area contributed by atoms with Gasteiger partial charge in [-0.25, -0.2) is 0 Å². The number of hydrogen-bond acceptors (Lipinski definition) is 5. The summed E-state index contributed by atoms with van der Waals surface area (Å²) in [5.41, 5.74) is 1.23. The van der Waals surface area contributed by atoms with Crippen molar-refractivity contribution in [2.24, 2.45) is 40.9 Å². The average Bonchev–Trinajstić information content (AvgIpc) is 3.38. The molecule has 2 saturated carbocycles. The van der Waals surface area contributed by atoms with E-state index in [9.17, 15) is 15.0 Å². The molecule has 4 rings (SSSR count). The normalized spacial score (nSPS) is 27.6. The van der Waals surface area contributed by atoms with E-state index in [2.05, 4.69) is 88.9 Å². The molecule has 0 aromatic heterocycles. The fraction of sp³-hybridized carbons (Fsp3) is 0.634. The van der Waals surface area contributed by atoms with Crippen LogP contribution in [0, 0.1) is 40.9 Å². The minimum atomic E-state index is -1.15. The fourth-order valence-corrected chi connectivity index (χ4v) is 9.16. The molecule has 5 heteroatoms. The van der Waals surface area contributed by atoms with Crippen LogP contribution in [-0.2, 0) is 17.6 Å². The molecule has 1 aromatic rings. The number of hydrogen-bond donors (Lipinski definition) is 4. The molecule has 0 aliphatic heterocycles. The van der Waals surface area contributed by atoms with Gasteiger partial charge in [-0.3, -0.25) is 4.79 Å². The maximum absolute atomic E-state index is 14.6. The second-order valence-electron chi connectivity index (χ2n) is 15.9. The molecule has 4 N–H and O–H groups in total. The van der Waals surface area contributed by atoms with Gasteiger partial charge >= 0.3 is 0 Å². The summed E-state index contributed by atoms with van der Waals surface area (Å²) in [7, 11) is 0. The van der Waals surface area contributed by atoms with E-state index < -0.39 is 11.2 Å². The van der Waals surface area contributed by atoms with Gasteiger partial charge in [0, 0.05) is 18.4 Å². The number of rotatable bonds is 19. The van der Waals surface area contributed by atoms with Crippen LogP contribution < -0.4 is 10.6 Å². The smallest absolute Gasteiger partial charge is 0.137 e. The standard InChI is InChI=1S/C41H62N2O3/c1-11-14-18-29(27(5)40(9,45)21-15-12-2)24-35(44)36-33(25-34-37(36)39(34,7)8)41(10,46)38(43-28(6)42-26(4)13-3)32-22-30-19-16-17-20-31(30)23-32/h11-12,16-17,19-20,26,29,32-34,36-38,42-43,45-46H,1-2,5-6,13-15,18,21-25H2,3-4,7-10H3. The lowest BCUT2D eigenvalue weighted by molar-refractivity contribution is -0.133. The average molecular weight is 631 g/mol. The van der Waals surface area contributed by atoms with Crippen LogP contribution in [0.4, 0.5) is 0 Å². The minimum absolute atomic E-state index is 0.0736. The zero-order chi connectivity index (χ0) is 34.0. The summed E-state index contributed by atoms with van der Waals surface area (Å²) in [6, 6.07) is 8.57. The number of carbonyl (C=O) groups is 1. The van der Waals surface area contributed by atoms with Gasteiger partial charge in [-0.05, 0) is 124 Å². The van der Waals surface area contributed by atoms with Crippen LogP contribution in [0.5, 0.6) is 0 Å². The summed E-state index contributed by atoms with van der Waals surface area (Å²) in [6.45, 7) is 29.0. The van der Waals surface area contributed by atoms with E-state index in [0.717, 1.165) is 44.3 Å². The molecule has 3 aliphatic rings. The molecule has 2 fully saturated rings. The zero-order valence-corrected chi connectivity index (χ0v) is 29.6. The Morgan fingerprint density at radius 2 is 1.67 bits per heavy atom. The zero-order valence-electron chi connectivity index (χ0n) is 29.6. The third kappa shape index (κ3) is 7.41. The topological polar surface area (TPSA) is 81.6 Å². The Balaban J connectivity index is 1.64. The molecule has 0 heterocycles. The van der Waals surface area contributed by atoms with Crippen LogP contribution in [0.15, 0.2) is 74.1 Å². The molecule has 0 spiro atoms. The molecule has 3 aliphatic carbocycles. The second-order valence-corrected chi connectivity index (χ2v) is 15.9. The number of carbonyl (C=O) groups excluding carboxylic acids is 1.